The number of halogens is 1. The molecule has 1 aliphatic rings. The second-order valence-corrected chi connectivity index (χ2v) is 6.83. The second-order valence-electron chi connectivity index (χ2n) is 5.33. The van der Waals surface area contributed by atoms with Gasteiger partial charge in [0.1, 0.15) is 5.37 Å². The molecule has 2 heterocycles. The van der Waals surface area contributed by atoms with E-state index in [0.717, 1.165) is 22.2 Å². The Morgan fingerprint density at radius 1 is 1.09 bits per heavy atom. The third-order valence-electron chi connectivity index (χ3n) is 3.90. The summed E-state index contributed by atoms with van der Waals surface area (Å²) >= 11 is 7.60. The number of carbonyl (C=O) groups is 1. The van der Waals surface area contributed by atoms with Crippen LogP contribution in [0, 0.1) is 0 Å². The number of hydrogen-bond acceptors (Lipinski definition) is 3. The molecule has 0 N–H and O–H groups in total. The van der Waals surface area contributed by atoms with Gasteiger partial charge < -0.3 is 0 Å². The largest absolute Gasteiger partial charge is 0.295 e. The van der Waals surface area contributed by atoms with Crippen molar-refractivity contribution < 1.29 is 4.79 Å². The van der Waals surface area contributed by atoms with Gasteiger partial charge in [0, 0.05) is 27.9 Å². The molecule has 0 saturated carbocycles. The quantitative estimate of drug-likeness (QED) is 0.680. The monoisotopic (exact) mass is 340 g/mol. The van der Waals surface area contributed by atoms with E-state index in [2.05, 4.69) is 11.1 Å². The number of fused-ring (bicyclic) bond motifs is 1. The Hall–Kier alpha value is -2.04. The number of hydrogen-bond donors (Lipinski definition) is 0. The van der Waals surface area contributed by atoms with Gasteiger partial charge in [0.05, 0.1) is 11.3 Å². The number of aromatic nitrogens is 1. The molecule has 1 fully saturated rings. The lowest BCUT2D eigenvalue weighted by Gasteiger charge is -2.25. The number of rotatable bonds is 2. The summed E-state index contributed by atoms with van der Waals surface area (Å²) in [5, 5.41) is 1.68. The zero-order valence-corrected chi connectivity index (χ0v) is 13.7. The molecule has 23 heavy (non-hydrogen) atoms. The highest BCUT2D eigenvalue weighted by atomic mass is 35.5. The van der Waals surface area contributed by atoms with Gasteiger partial charge in [-0.15, -0.1) is 11.8 Å². The summed E-state index contributed by atoms with van der Waals surface area (Å²) in [6, 6.07) is 17.5. The zero-order valence-electron chi connectivity index (χ0n) is 12.1. The average molecular weight is 341 g/mol. The van der Waals surface area contributed by atoms with Crippen molar-refractivity contribution in [3.05, 3.63) is 71.4 Å². The first-order valence-corrected chi connectivity index (χ1v) is 8.69. The third-order valence-corrected chi connectivity index (χ3v) is 5.35. The van der Waals surface area contributed by atoms with E-state index in [9.17, 15) is 4.79 Å². The summed E-state index contributed by atoms with van der Waals surface area (Å²) in [6.45, 7) is 0. The van der Waals surface area contributed by atoms with Crippen molar-refractivity contribution >= 4 is 45.9 Å². The van der Waals surface area contributed by atoms with Crippen molar-refractivity contribution in [2.45, 2.75) is 5.37 Å². The van der Waals surface area contributed by atoms with Crippen molar-refractivity contribution in [1.82, 2.24) is 4.98 Å². The Labute approximate surface area is 143 Å². The van der Waals surface area contributed by atoms with Crippen LogP contribution in [0.3, 0.4) is 0 Å². The van der Waals surface area contributed by atoms with E-state index in [4.69, 9.17) is 11.6 Å². The van der Waals surface area contributed by atoms with Crippen molar-refractivity contribution in [3.8, 4) is 0 Å². The number of nitrogens with zero attached hydrogens (tertiary/aromatic N) is 2. The molecule has 4 rings (SSSR count). The van der Waals surface area contributed by atoms with Crippen LogP contribution in [0.4, 0.5) is 5.69 Å². The molecule has 0 unspecified atom stereocenters. The molecule has 1 amide bonds. The van der Waals surface area contributed by atoms with E-state index >= 15 is 0 Å². The van der Waals surface area contributed by atoms with E-state index in [-0.39, 0.29) is 11.3 Å². The number of pyridine rings is 1. The van der Waals surface area contributed by atoms with Crippen LogP contribution in [0.1, 0.15) is 10.9 Å². The summed E-state index contributed by atoms with van der Waals surface area (Å²) in [7, 11) is 0. The van der Waals surface area contributed by atoms with Gasteiger partial charge in [-0.3, -0.25) is 14.7 Å². The Bertz CT molecular complexity index is 876. The van der Waals surface area contributed by atoms with E-state index in [1.165, 1.54) is 0 Å². The number of benzene rings is 2. The van der Waals surface area contributed by atoms with Crippen molar-refractivity contribution in [3.63, 3.8) is 0 Å². The molecule has 0 bridgehead atoms. The molecule has 0 aliphatic carbocycles. The Balaban J connectivity index is 1.83. The number of carbonyl (C=O) groups excluding carboxylic acids is 1. The maximum absolute atomic E-state index is 12.4. The topological polar surface area (TPSA) is 33.2 Å². The van der Waals surface area contributed by atoms with Crippen LogP contribution >= 0.6 is 23.4 Å². The Morgan fingerprint density at radius 2 is 1.87 bits per heavy atom. The van der Waals surface area contributed by atoms with Crippen LogP contribution in [0.2, 0.25) is 5.02 Å². The van der Waals surface area contributed by atoms with Crippen LogP contribution in [-0.4, -0.2) is 16.6 Å². The first-order chi connectivity index (χ1) is 11.2. The van der Waals surface area contributed by atoms with Gasteiger partial charge in [0.15, 0.2) is 0 Å². The Morgan fingerprint density at radius 3 is 2.70 bits per heavy atom. The first-order valence-electron chi connectivity index (χ1n) is 7.27. The number of anilines is 1. The number of thioether (sulfide) groups is 1. The SMILES string of the molecule is O=C1CS[C@@H](c2cccc3cccnc23)N1c1ccc(Cl)cc1. The highest BCUT2D eigenvalue weighted by Crippen LogP contribution is 2.43. The minimum Gasteiger partial charge on any atom is -0.295 e. The van der Waals surface area contributed by atoms with Crippen LogP contribution in [-0.2, 0) is 4.79 Å². The predicted molar refractivity (Wildman–Crippen MR) is 95.9 cm³/mol. The standard InChI is InChI=1S/C18H13ClN2OS/c19-13-6-8-14(9-7-13)21-16(22)11-23-18(21)15-5-1-3-12-4-2-10-20-17(12)15/h1-10,18H,11H2/t18-/m0/s1. The fourth-order valence-corrected chi connectivity index (χ4v) is 4.19. The minimum absolute atomic E-state index is 0.0673. The summed E-state index contributed by atoms with van der Waals surface area (Å²) < 4.78 is 0. The van der Waals surface area contributed by atoms with E-state index in [1.54, 1.807) is 18.0 Å². The highest BCUT2D eigenvalue weighted by molar-refractivity contribution is 8.00. The van der Waals surface area contributed by atoms with Gasteiger partial charge in [0.2, 0.25) is 5.91 Å². The lowest BCUT2D eigenvalue weighted by Crippen LogP contribution is -2.27. The highest BCUT2D eigenvalue weighted by Gasteiger charge is 2.35. The average Bonchev–Trinajstić information content (AvgIpc) is 2.96. The van der Waals surface area contributed by atoms with Crippen LogP contribution < -0.4 is 4.90 Å². The third kappa shape index (κ3) is 2.58. The lowest BCUT2D eigenvalue weighted by atomic mass is 10.1. The predicted octanol–water partition coefficient (Wildman–Crippen LogP) is 4.67. The molecule has 3 aromatic rings. The van der Waals surface area contributed by atoms with Crippen molar-refractivity contribution in [1.29, 1.82) is 0 Å². The summed E-state index contributed by atoms with van der Waals surface area (Å²) in [5.74, 6) is 0.575. The maximum atomic E-state index is 12.4. The smallest absolute Gasteiger partial charge is 0.238 e. The molecule has 1 atom stereocenters. The summed E-state index contributed by atoms with van der Waals surface area (Å²) in [4.78, 5) is 18.8. The number of amides is 1. The molecule has 1 saturated heterocycles. The van der Waals surface area contributed by atoms with E-state index in [1.807, 2.05) is 53.4 Å². The molecule has 2 aromatic carbocycles. The summed E-state index contributed by atoms with van der Waals surface area (Å²) in [5.41, 5.74) is 2.87. The van der Waals surface area contributed by atoms with Crippen LogP contribution in [0.5, 0.6) is 0 Å². The molecule has 1 aromatic heterocycles. The van der Waals surface area contributed by atoms with Gasteiger partial charge in [-0.25, -0.2) is 0 Å². The normalized spacial score (nSPS) is 17.9. The maximum Gasteiger partial charge on any atom is 0.238 e. The minimum atomic E-state index is -0.0673. The van der Waals surface area contributed by atoms with E-state index < -0.39 is 0 Å². The van der Waals surface area contributed by atoms with Gasteiger partial charge >= 0.3 is 0 Å². The second kappa shape index (κ2) is 5.87. The van der Waals surface area contributed by atoms with Gasteiger partial charge in [-0.1, -0.05) is 35.9 Å². The first kappa shape index (κ1) is 14.5. The van der Waals surface area contributed by atoms with Gasteiger partial charge in [-0.05, 0) is 30.3 Å². The fraction of sp³-hybridized carbons (Fsp3) is 0.111. The fourth-order valence-electron chi connectivity index (χ4n) is 2.86. The molecule has 1 aliphatic heterocycles. The molecule has 114 valence electrons. The molecule has 0 spiro atoms. The van der Waals surface area contributed by atoms with Gasteiger partial charge in [0.25, 0.3) is 0 Å². The van der Waals surface area contributed by atoms with E-state index in [0.29, 0.717) is 10.8 Å². The number of para-hydroxylation sites is 1. The Kier molecular flexibility index (Phi) is 3.71. The summed E-state index contributed by atoms with van der Waals surface area (Å²) in [6.07, 6.45) is 1.79. The molecule has 3 nitrogen and oxygen atoms in total. The van der Waals surface area contributed by atoms with Crippen LogP contribution in [0.15, 0.2) is 60.8 Å². The van der Waals surface area contributed by atoms with Crippen molar-refractivity contribution in [2.24, 2.45) is 0 Å². The van der Waals surface area contributed by atoms with Gasteiger partial charge in [-0.2, -0.15) is 0 Å². The molecule has 0 radical (unpaired) electrons. The molecule has 5 heteroatoms. The molecular weight excluding hydrogens is 328 g/mol. The zero-order chi connectivity index (χ0) is 15.8. The molecular formula is C18H13ClN2OS. The lowest BCUT2D eigenvalue weighted by molar-refractivity contribution is -0.115. The van der Waals surface area contributed by atoms with Crippen LogP contribution in [0.25, 0.3) is 10.9 Å². The van der Waals surface area contributed by atoms with Crippen molar-refractivity contribution in [2.75, 3.05) is 10.7 Å².